The maximum atomic E-state index is 13.9. The number of aliphatic carboxylic acids is 1. The van der Waals surface area contributed by atoms with Crippen LogP contribution in [0, 0.1) is 18.6 Å². The van der Waals surface area contributed by atoms with E-state index in [0.29, 0.717) is 6.54 Å². The number of hydrogen-bond donors (Lipinski definition) is 2. The molecule has 2 N–H and O–H groups in total. The van der Waals surface area contributed by atoms with Gasteiger partial charge in [0.2, 0.25) is 0 Å². The Morgan fingerprint density at radius 1 is 1.40 bits per heavy atom. The molecule has 0 bridgehead atoms. The molecular formula is C13H14F2N2O3. The quantitative estimate of drug-likeness (QED) is 0.841. The Bertz CT molecular complexity index is 563. The molecule has 108 valence electrons. The van der Waals surface area contributed by atoms with Gasteiger partial charge in [0.25, 0.3) is 5.91 Å². The van der Waals surface area contributed by atoms with E-state index >= 15 is 0 Å². The van der Waals surface area contributed by atoms with Gasteiger partial charge in [-0.05, 0) is 18.6 Å². The van der Waals surface area contributed by atoms with Gasteiger partial charge in [0, 0.05) is 19.6 Å². The Balaban J connectivity index is 2.40. The number of carboxylic acids is 1. The smallest absolute Gasteiger partial charge is 0.327 e. The van der Waals surface area contributed by atoms with Gasteiger partial charge >= 0.3 is 5.97 Å². The molecule has 0 aliphatic carbocycles. The van der Waals surface area contributed by atoms with Gasteiger partial charge in [-0.1, -0.05) is 6.07 Å². The van der Waals surface area contributed by atoms with E-state index in [1.54, 1.807) is 0 Å². The third kappa shape index (κ3) is 2.49. The molecular weight excluding hydrogens is 270 g/mol. The molecule has 1 amide bonds. The number of benzene rings is 1. The minimum absolute atomic E-state index is 0.0517. The number of rotatable bonds is 2. The first-order valence-corrected chi connectivity index (χ1v) is 6.12. The fraction of sp³-hybridized carbons (Fsp3) is 0.385. The van der Waals surface area contributed by atoms with Gasteiger partial charge in [-0.25, -0.2) is 13.6 Å². The summed E-state index contributed by atoms with van der Waals surface area (Å²) >= 11 is 0. The van der Waals surface area contributed by atoms with E-state index in [2.05, 4.69) is 5.32 Å². The molecule has 20 heavy (non-hydrogen) atoms. The first kappa shape index (κ1) is 14.4. The molecule has 1 aliphatic rings. The monoisotopic (exact) mass is 284 g/mol. The van der Waals surface area contributed by atoms with Gasteiger partial charge in [-0.15, -0.1) is 0 Å². The lowest BCUT2D eigenvalue weighted by molar-refractivity contribution is -0.142. The molecule has 1 aromatic rings. The van der Waals surface area contributed by atoms with Crippen LogP contribution in [0.1, 0.15) is 15.9 Å². The van der Waals surface area contributed by atoms with Gasteiger partial charge in [0.15, 0.2) is 0 Å². The van der Waals surface area contributed by atoms with Crippen molar-refractivity contribution in [3.63, 3.8) is 0 Å². The van der Waals surface area contributed by atoms with E-state index in [-0.39, 0.29) is 18.7 Å². The number of aryl methyl sites for hydroxylation is 1. The fourth-order valence-corrected chi connectivity index (χ4v) is 2.16. The lowest BCUT2D eigenvalue weighted by atomic mass is 10.1. The molecule has 0 saturated carbocycles. The average Bonchev–Trinajstić information content (AvgIpc) is 2.43. The molecule has 1 saturated heterocycles. The Kier molecular flexibility index (Phi) is 3.99. The Morgan fingerprint density at radius 3 is 2.75 bits per heavy atom. The van der Waals surface area contributed by atoms with E-state index < -0.39 is 35.1 Å². The summed E-state index contributed by atoms with van der Waals surface area (Å²) in [5.74, 6) is -4.07. The molecule has 0 spiro atoms. The Hall–Kier alpha value is -2.02. The minimum Gasteiger partial charge on any atom is -0.480 e. The summed E-state index contributed by atoms with van der Waals surface area (Å²) < 4.78 is 27.7. The lowest BCUT2D eigenvalue weighted by Crippen LogP contribution is -2.57. The lowest BCUT2D eigenvalue weighted by Gasteiger charge is -2.33. The average molecular weight is 284 g/mol. The topological polar surface area (TPSA) is 69.6 Å². The third-order valence-electron chi connectivity index (χ3n) is 3.29. The Morgan fingerprint density at radius 2 is 2.10 bits per heavy atom. The minimum atomic E-state index is -1.21. The molecule has 0 aromatic heterocycles. The van der Waals surface area contributed by atoms with E-state index in [4.69, 9.17) is 5.11 Å². The molecule has 1 heterocycles. The van der Waals surface area contributed by atoms with Crippen LogP contribution in [0.15, 0.2) is 12.1 Å². The van der Waals surface area contributed by atoms with Crippen molar-refractivity contribution >= 4 is 11.9 Å². The maximum Gasteiger partial charge on any atom is 0.327 e. The van der Waals surface area contributed by atoms with Crippen LogP contribution in [-0.2, 0) is 4.79 Å². The second kappa shape index (κ2) is 5.54. The van der Waals surface area contributed by atoms with E-state index in [1.165, 1.54) is 13.0 Å². The summed E-state index contributed by atoms with van der Waals surface area (Å²) in [5, 5.41) is 11.9. The van der Waals surface area contributed by atoms with Crippen molar-refractivity contribution in [2.24, 2.45) is 0 Å². The standard InChI is InChI=1S/C13H14F2N2O3/c1-7-2-3-8(14)10(11(7)15)12(18)17-5-4-16-6-9(17)13(19)20/h2-3,9,16H,4-6H2,1H3,(H,19,20). The van der Waals surface area contributed by atoms with E-state index in [1.807, 2.05) is 0 Å². The zero-order valence-corrected chi connectivity index (χ0v) is 10.8. The van der Waals surface area contributed by atoms with Crippen LogP contribution in [0.4, 0.5) is 8.78 Å². The van der Waals surface area contributed by atoms with Crippen molar-refractivity contribution in [1.29, 1.82) is 0 Å². The van der Waals surface area contributed by atoms with Gasteiger partial charge < -0.3 is 15.3 Å². The van der Waals surface area contributed by atoms with Gasteiger partial charge in [0.05, 0.1) is 0 Å². The third-order valence-corrected chi connectivity index (χ3v) is 3.29. The number of amides is 1. The van der Waals surface area contributed by atoms with Crippen LogP contribution in [0.25, 0.3) is 0 Å². The molecule has 1 atom stereocenters. The van der Waals surface area contributed by atoms with Crippen molar-refractivity contribution in [2.45, 2.75) is 13.0 Å². The van der Waals surface area contributed by atoms with Crippen molar-refractivity contribution < 1.29 is 23.5 Å². The highest BCUT2D eigenvalue weighted by Crippen LogP contribution is 2.20. The van der Waals surface area contributed by atoms with Gasteiger partial charge in [-0.2, -0.15) is 0 Å². The van der Waals surface area contributed by atoms with E-state index in [9.17, 15) is 18.4 Å². The summed E-state index contributed by atoms with van der Waals surface area (Å²) in [6, 6.07) is 1.10. The van der Waals surface area contributed by atoms with Crippen molar-refractivity contribution in [3.05, 3.63) is 34.9 Å². The molecule has 0 radical (unpaired) electrons. The van der Waals surface area contributed by atoms with Crippen molar-refractivity contribution in [2.75, 3.05) is 19.6 Å². The molecule has 5 nitrogen and oxygen atoms in total. The van der Waals surface area contributed by atoms with Crippen LogP contribution in [0.3, 0.4) is 0 Å². The summed E-state index contributed by atoms with van der Waals surface area (Å²) in [7, 11) is 0. The SMILES string of the molecule is Cc1ccc(F)c(C(=O)N2CCNCC2C(=O)O)c1F. The predicted octanol–water partition coefficient (Wildman–Crippen LogP) is 0.772. The normalized spacial score (nSPS) is 18.9. The van der Waals surface area contributed by atoms with Crippen LogP contribution in [0.2, 0.25) is 0 Å². The highest BCUT2D eigenvalue weighted by molar-refractivity contribution is 5.97. The zero-order chi connectivity index (χ0) is 14.9. The number of piperazine rings is 1. The number of carbonyl (C=O) groups excluding carboxylic acids is 1. The molecule has 1 aliphatic heterocycles. The van der Waals surface area contributed by atoms with Crippen LogP contribution < -0.4 is 5.32 Å². The van der Waals surface area contributed by atoms with E-state index in [0.717, 1.165) is 11.0 Å². The number of halogens is 2. The van der Waals surface area contributed by atoms with Crippen molar-refractivity contribution in [1.82, 2.24) is 10.2 Å². The number of hydrogen-bond acceptors (Lipinski definition) is 3. The molecule has 7 heteroatoms. The number of nitrogens with one attached hydrogen (secondary N) is 1. The van der Waals surface area contributed by atoms with Crippen LogP contribution >= 0.6 is 0 Å². The second-order valence-corrected chi connectivity index (χ2v) is 4.61. The number of carboxylic acid groups (broad SMARTS) is 1. The molecule has 1 fully saturated rings. The van der Waals surface area contributed by atoms with Crippen LogP contribution in [0.5, 0.6) is 0 Å². The Labute approximate surface area is 114 Å². The van der Waals surface area contributed by atoms with Gasteiger partial charge in [-0.3, -0.25) is 4.79 Å². The second-order valence-electron chi connectivity index (χ2n) is 4.61. The van der Waals surface area contributed by atoms with Gasteiger partial charge in [0.1, 0.15) is 23.2 Å². The molecule has 1 unspecified atom stereocenters. The molecule has 1 aromatic carbocycles. The predicted molar refractivity (Wildman–Crippen MR) is 66.4 cm³/mol. The highest BCUT2D eigenvalue weighted by Gasteiger charge is 2.35. The highest BCUT2D eigenvalue weighted by atomic mass is 19.1. The summed E-state index contributed by atoms with van der Waals surface area (Å²) in [5.41, 5.74) is -0.560. The summed E-state index contributed by atoms with van der Waals surface area (Å²) in [6.45, 7) is 1.93. The fourth-order valence-electron chi connectivity index (χ4n) is 2.16. The first-order chi connectivity index (χ1) is 9.43. The number of carbonyl (C=O) groups is 2. The number of nitrogens with zero attached hydrogens (tertiary/aromatic N) is 1. The first-order valence-electron chi connectivity index (χ1n) is 6.12. The zero-order valence-electron chi connectivity index (χ0n) is 10.8. The maximum absolute atomic E-state index is 13.9. The van der Waals surface area contributed by atoms with Crippen LogP contribution in [-0.4, -0.2) is 47.6 Å². The largest absolute Gasteiger partial charge is 0.480 e. The summed E-state index contributed by atoms with van der Waals surface area (Å²) in [4.78, 5) is 24.4. The molecule has 2 rings (SSSR count). The van der Waals surface area contributed by atoms with Crippen molar-refractivity contribution in [3.8, 4) is 0 Å². The summed E-state index contributed by atoms with van der Waals surface area (Å²) in [6.07, 6.45) is 0.